The third-order valence-corrected chi connectivity index (χ3v) is 5.94. The van der Waals surface area contributed by atoms with Gasteiger partial charge in [0.25, 0.3) is 0 Å². The van der Waals surface area contributed by atoms with Crippen molar-refractivity contribution in [1.29, 1.82) is 0 Å². The fourth-order valence-corrected chi connectivity index (χ4v) is 4.86. The van der Waals surface area contributed by atoms with Gasteiger partial charge in [0.2, 0.25) is 0 Å². The molecule has 0 saturated carbocycles. The van der Waals surface area contributed by atoms with Gasteiger partial charge in [-0.1, -0.05) is 48.6 Å². The first-order valence-electron chi connectivity index (χ1n) is 8.08. The monoisotopic (exact) mass is 302 g/mol. The van der Waals surface area contributed by atoms with E-state index in [0.29, 0.717) is 0 Å². The Morgan fingerprint density at radius 3 is 2.95 bits per heavy atom. The Labute approximate surface area is 137 Å². The van der Waals surface area contributed by atoms with Gasteiger partial charge < -0.3 is 0 Å². The van der Waals surface area contributed by atoms with Gasteiger partial charge in [-0.2, -0.15) is 12.6 Å². The molecule has 0 N–H and O–H groups in total. The molecule has 108 valence electrons. The number of hydrogen-bond acceptors (Lipinski definition) is 1. The smallest absolute Gasteiger partial charge is 0.0428 e. The Balaban J connectivity index is 1.92. The zero-order valence-corrected chi connectivity index (χ0v) is 13.4. The number of thiol groups is 1. The Morgan fingerprint density at radius 1 is 1.09 bits per heavy atom. The van der Waals surface area contributed by atoms with E-state index in [4.69, 9.17) is 0 Å². The van der Waals surface area contributed by atoms with E-state index in [0.717, 1.165) is 12.2 Å². The van der Waals surface area contributed by atoms with E-state index < -0.39 is 0 Å². The van der Waals surface area contributed by atoms with Crippen LogP contribution in [0.5, 0.6) is 0 Å². The van der Waals surface area contributed by atoms with E-state index in [9.17, 15) is 0 Å². The lowest BCUT2D eigenvalue weighted by molar-refractivity contribution is 0.619. The van der Waals surface area contributed by atoms with Crippen molar-refractivity contribution < 1.29 is 0 Å². The Bertz CT molecular complexity index is 845. The van der Waals surface area contributed by atoms with E-state index in [1.54, 1.807) is 5.57 Å². The first kappa shape index (κ1) is 12.8. The molecule has 1 spiro atoms. The van der Waals surface area contributed by atoms with Gasteiger partial charge in [0.1, 0.15) is 0 Å². The molecule has 0 radical (unpaired) electrons. The summed E-state index contributed by atoms with van der Waals surface area (Å²) in [6.07, 6.45) is 19.5. The predicted molar refractivity (Wildman–Crippen MR) is 96.8 cm³/mol. The SMILES string of the molecule is SCc1cc2c3c(c1)C1=CC=CCC14C=CC=CC4=C3CC2. The summed E-state index contributed by atoms with van der Waals surface area (Å²) in [5.74, 6) is 0.818. The topological polar surface area (TPSA) is 0 Å². The normalized spacial score (nSPS) is 26.7. The summed E-state index contributed by atoms with van der Waals surface area (Å²) in [6.45, 7) is 0. The van der Waals surface area contributed by atoms with Crippen LogP contribution in [-0.4, -0.2) is 0 Å². The first-order valence-corrected chi connectivity index (χ1v) is 8.71. The van der Waals surface area contributed by atoms with E-state index in [1.165, 1.54) is 46.2 Å². The lowest BCUT2D eigenvalue weighted by atomic mass is 9.60. The number of rotatable bonds is 1. The minimum Gasteiger partial charge on any atom is -0.175 e. The molecular weight excluding hydrogens is 284 g/mol. The van der Waals surface area contributed by atoms with Gasteiger partial charge in [0.05, 0.1) is 0 Å². The molecule has 0 saturated heterocycles. The summed E-state index contributed by atoms with van der Waals surface area (Å²) in [5, 5.41) is 0. The molecule has 4 aliphatic carbocycles. The molecule has 1 heteroatoms. The maximum atomic E-state index is 4.52. The molecule has 0 aromatic heterocycles. The van der Waals surface area contributed by atoms with Crippen molar-refractivity contribution in [3.05, 3.63) is 82.5 Å². The Hall–Kier alpha value is -1.73. The number of benzene rings is 1. The van der Waals surface area contributed by atoms with Gasteiger partial charge in [-0.25, -0.2) is 0 Å². The van der Waals surface area contributed by atoms with Crippen LogP contribution in [0, 0.1) is 5.41 Å². The summed E-state index contributed by atoms with van der Waals surface area (Å²) in [6, 6.07) is 4.75. The standard InChI is InChI=1S/C21H18S/c22-13-14-11-15-7-8-16-18-5-1-3-9-21(18)10-4-2-6-19(21)17(12-14)20(15)16/h1-6,9,11-12,22H,7-8,10,13H2. The summed E-state index contributed by atoms with van der Waals surface area (Å²) in [4.78, 5) is 0. The molecule has 22 heavy (non-hydrogen) atoms. The average Bonchev–Trinajstić information content (AvgIpc) is 2.99. The van der Waals surface area contributed by atoms with Gasteiger partial charge in [0.15, 0.2) is 0 Å². The van der Waals surface area contributed by atoms with E-state index in [-0.39, 0.29) is 5.41 Å². The zero-order chi connectivity index (χ0) is 14.7. The largest absolute Gasteiger partial charge is 0.175 e. The molecule has 0 bridgehead atoms. The summed E-state index contributed by atoms with van der Waals surface area (Å²) >= 11 is 4.52. The second kappa shape index (κ2) is 4.39. The molecule has 1 unspecified atom stereocenters. The highest BCUT2D eigenvalue weighted by atomic mass is 32.1. The minimum absolute atomic E-state index is 0.0721. The molecule has 4 aliphatic rings. The van der Waals surface area contributed by atoms with Crippen LogP contribution >= 0.6 is 12.6 Å². The second-order valence-electron chi connectivity index (χ2n) is 6.63. The van der Waals surface area contributed by atoms with Crippen molar-refractivity contribution in [3.63, 3.8) is 0 Å². The fraction of sp³-hybridized carbons (Fsp3) is 0.238. The van der Waals surface area contributed by atoms with Crippen LogP contribution in [0.15, 0.2) is 60.2 Å². The lowest BCUT2D eigenvalue weighted by Gasteiger charge is -2.43. The highest BCUT2D eigenvalue weighted by Crippen LogP contribution is 2.59. The summed E-state index contributed by atoms with van der Waals surface area (Å²) in [7, 11) is 0. The summed E-state index contributed by atoms with van der Waals surface area (Å²) < 4.78 is 0. The number of allylic oxidation sites excluding steroid dienone is 10. The van der Waals surface area contributed by atoms with E-state index >= 15 is 0 Å². The van der Waals surface area contributed by atoms with Crippen LogP contribution in [0.4, 0.5) is 0 Å². The van der Waals surface area contributed by atoms with Gasteiger partial charge in [0, 0.05) is 11.2 Å². The van der Waals surface area contributed by atoms with Gasteiger partial charge in [-0.3, -0.25) is 0 Å². The quantitative estimate of drug-likeness (QED) is 0.670. The third kappa shape index (κ3) is 1.45. The molecule has 0 amide bonds. The maximum Gasteiger partial charge on any atom is 0.0428 e. The Kier molecular flexibility index (Phi) is 2.55. The molecule has 0 heterocycles. The van der Waals surface area contributed by atoms with Crippen molar-refractivity contribution in [2.24, 2.45) is 5.41 Å². The highest BCUT2D eigenvalue weighted by molar-refractivity contribution is 7.79. The molecule has 0 aliphatic heterocycles. The van der Waals surface area contributed by atoms with Crippen LogP contribution in [-0.2, 0) is 12.2 Å². The predicted octanol–water partition coefficient (Wildman–Crippen LogP) is 5.29. The molecule has 0 fully saturated rings. The maximum absolute atomic E-state index is 4.52. The lowest BCUT2D eigenvalue weighted by Crippen LogP contribution is -2.28. The van der Waals surface area contributed by atoms with Crippen molar-refractivity contribution in [1.82, 2.24) is 0 Å². The van der Waals surface area contributed by atoms with Crippen molar-refractivity contribution >= 4 is 23.8 Å². The number of aryl methyl sites for hydroxylation is 1. The Morgan fingerprint density at radius 2 is 2.05 bits per heavy atom. The van der Waals surface area contributed by atoms with Crippen LogP contribution in [0.1, 0.15) is 35.1 Å². The van der Waals surface area contributed by atoms with Crippen LogP contribution in [0.3, 0.4) is 0 Å². The minimum atomic E-state index is 0.0721. The third-order valence-electron chi connectivity index (χ3n) is 5.58. The fourth-order valence-electron chi connectivity index (χ4n) is 4.68. The molecular formula is C21H18S. The van der Waals surface area contributed by atoms with Crippen LogP contribution in [0.25, 0.3) is 11.1 Å². The van der Waals surface area contributed by atoms with Crippen LogP contribution < -0.4 is 0 Å². The second-order valence-corrected chi connectivity index (χ2v) is 6.95. The zero-order valence-electron chi connectivity index (χ0n) is 12.5. The molecule has 5 rings (SSSR count). The molecule has 1 aromatic carbocycles. The van der Waals surface area contributed by atoms with E-state index in [1.807, 2.05) is 0 Å². The van der Waals surface area contributed by atoms with Crippen LogP contribution in [0.2, 0.25) is 0 Å². The van der Waals surface area contributed by atoms with Gasteiger partial charge >= 0.3 is 0 Å². The van der Waals surface area contributed by atoms with E-state index in [2.05, 4.69) is 67.3 Å². The number of fused-ring (bicyclic) bond motifs is 1. The van der Waals surface area contributed by atoms with Gasteiger partial charge in [-0.15, -0.1) is 0 Å². The summed E-state index contributed by atoms with van der Waals surface area (Å²) in [5.41, 5.74) is 10.5. The highest BCUT2D eigenvalue weighted by Gasteiger charge is 2.44. The van der Waals surface area contributed by atoms with Crippen molar-refractivity contribution in [2.75, 3.05) is 0 Å². The van der Waals surface area contributed by atoms with Gasteiger partial charge in [-0.05, 0) is 64.3 Å². The average molecular weight is 302 g/mol. The van der Waals surface area contributed by atoms with Crippen molar-refractivity contribution in [3.8, 4) is 0 Å². The molecule has 1 atom stereocenters. The number of hydrogen-bond donors (Lipinski definition) is 1. The van der Waals surface area contributed by atoms with Crippen molar-refractivity contribution in [2.45, 2.75) is 25.0 Å². The first-order chi connectivity index (χ1) is 10.8. The molecule has 0 nitrogen and oxygen atoms in total. The molecule has 1 aromatic rings.